The fraction of sp³-hybridized carbons (Fsp3) is 0.500. The summed E-state index contributed by atoms with van der Waals surface area (Å²) in [6.45, 7) is 8.06. The molecule has 1 aromatic rings. The number of amides is 1. The minimum absolute atomic E-state index is 0.129. The SMILES string of the molecule is CC(C)CN1Cc2cccc(NC(=O)C3=CCCCO3)c2C1. The lowest BCUT2D eigenvalue weighted by Gasteiger charge is -2.17. The van der Waals surface area contributed by atoms with Crippen molar-refractivity contribution in [2.75, 3.05) is 18.5 Å². The van der Waals surface area contributed by atoms with E-state index in [1.807, 2.05) is 18.2 Å². The summed E-state index contributed by atoms with van der Waals surface area (Å²) in [5.41, 5.74) is 3.48. The molecule has 0 aliphatic carbocycles. The molecule has 1 aromatic carbocycles. The van der Waals surface area contributed by atoms with Gasteiger partial charge in [0, 0.05) is 25.3 Å². The van der Waals surface area contributed by atoms with Crippen LogP contribution < -0.4 is 5.32 Å². The number of hydrogen-bond donors (Lipinski definition) is 1. The van der Waals surface area contributed by atoms with E-state index in [-0.39, 0.29) is 5.91 Å². The summed E-state index contributed by atoms with van der Waals surface area (Å²) in [7, 11) is 0. The van der Waals surface area contributed by atoms with Crippen molar-refractivity contribution in [3.8, 4) is 0 Å². The molecule has 2 heterocycles. The molecule has 0 saturated heterocycles. The third-order valence-electron chi connectivity index (χ3n) is 4.08. The summed E-state index contributed by atoms with van der Waals surface area (Å²) < 4.78 is 5.44. The summed E-state index contributed by atoms with van der Waals surface area (Å²) in [6.07, 6.45) is 3.78. The van der Waals surface area contributed by atoms with Gasteiger partial charge in [-0.15, -0.1) is 0 Å². The summed E-state index contributed by atoms with van der Waals surface area (Å²) in [4.78, 5) is 14.7. The van der Waals surface area contributed by atoms with Crippen LogP contribution in [0, 0.1) is 5.92 Å². The van der Waals surface area contributed by atoms with Crippen molar-refractivity contribution in [1.29, 1.82) is 0 Å². The summed E-state index contributed by atoms with van der Waals surface area (Å²) in [5, 5.41) is 3.03. The summed E-state index contributed by atoms with van der Waals surface area (Å²) >= 11 is 0. The smallest absolute Gasteiger partial charge is 0.290 e. The molecule has 118 valence electrons. The second-order valence-electron chi connectivity index (χ2n) is 6.52. The number of ether oxygens (including phenoxy) is 1. The number of carbonyl (C=O) groups excluding carboxylic acids is 1. The second-order valence-corrected chi connectivity index (χ2v) is 6.52. The van der Waals surface area contributed by atoms with Gasteiger partial charge in [-0.2, -0.15) is 0 Å². The first kappa shape index (κ1) is 15.1. The molecule has 4 heteroatoms. The van der Waals surface area contributed by atoms with Crippen molar-refractivity contribution in [2.24, 2.45) is 5.92 Å². The minimum Gasteiger partial charge on any atom is -0.488 e. The van der Waals surface area contributed by atoms with Gasteiger partial charge in [0.15, 0.2) is 5.76 Å². The van der Waals surface area contributed by atoms with Crippen molar-refractivity contribution in [3.05, 3.63) is 41.2 Å². The number of hydrogen-bond acceptors (Lipinski definition) is 3. The standard InChI is InChI=1S/C18H24N2O2/c1-13(2)10-20-11-14-6-5-7-16(15(14)12-20)19-18(21)17-8-3-4-9-22-17/h5-8,13H,3-4,9-12H2,1-2H3,(H,19,21). The molecule has 0 fully saturated rings. The number of carbonyl (C=O) groups is 1. The first-order chi connectivity index (χ1) is 10.6. The lowest BCUT2D eigenvalue weighted by Crippen LogP contribution is -2.22. The van der Waals surface area contributed by atoms with Crippen molar-refractivity contribution in [1.82, 2.24) is 4.90 Å². The van der Waals surface area contributed by atoms with Gasteiger partial charge in [-0.05, 0) is 42.0 Å². The lowest BCUT2D eigenvalue weighted by atomic mass is 10.1. The monoisotopic (exact) mass is 300 g/mol. The highest BCUT2D eigenvalue weighted by molar-refractivity contribution is 6.02. The third-order valence-corrected chi connectivity index (χ3v) is 4.08. The molecule has 0 saturated carbocycles. The maximum Gasteiger partial charge on any atom is 0.290 e. The van der Waals surface area contributed by atoms with Crippen molar-refractivity contribution in [3.63, 3.8) is 0 Å². The maximum atomic E-state index is 12.3. The Labute approximate surface area is 132 Å². The van der Waals surface area contributed by atoms with Crippen LogP contribution in [0.25, 0.3) is 0 Å². The summed E-state index contributed by atoms with van der Waals surface area (Å²) in [6, 6.07) is 6.16. The molecule has 0 aromatic heterocycles. The van der Waals surface area contributed by atoms with E-state index in [4.69, 9.17) is 4.74 Å². The van der Waals surface area contributed by atoms with Crippen LogP contribution in [0.3, 0.4) is 0 Å². The van der Waals surface area contributed by atoms with Gasteiger partial charge >= 0.3 is 0 Å². The molecule has 4 nitrogen and oxygen atoms in total. The van der Waals surface area contributed by atoms with Gasteiger partial charge in [0.25, 0.3) is 5.91 Å². The average molecular weight is 300 g/mol. The molecule has 2 aliphatic heterocycles. The number of rotatable bonds is 4. The topological polar surface area (TPSA) is 41.6 Å². The molecule has 1 amide bonds. The Morgan fingerprint density at radius 2 is 2.23 bits per heavy atom. The Morgan fingerprint density at radius 1 is 1.36 bits per heavy atom. The molecule has 22 heavy (non-hydrogen) atoms. The molecule has 0 unspecified atom stereocenters. The third kappa shape index (κ3) is 3.33. The van der Waals surface area contributed by atoms with Crippen molar-refractivity contribution >= 4 is 11.6 Å². The van der Waals surface area contributed by atoms with Crippen molar-refractivity contribution in [2.45, 2.75) is 39.8 Å². The number of anilines is 1. The van der Waals surface area contributed by atoms with E-state index in [0.29, 0.717) is 18.3 Å². The van der Waals surface area contributed by atoms with Gasteiger partial charge < -0.3 is 10.1 Å². The van der Waals surface area contributed by atoms with Crippen LogP contribution in [0.2, 0.25) is 0 Å². The van der Waals surface area contributed by atoms with Crippen LogP contribution in [0.15, 0.2) is 30.0 Å². The number of fused-ring (bicyclic) bond motifs is 1. The van der Waals surface area contributed by atoms with Crippen LogP contribution >= 0.6 is 0 Å². The molecule has 0 radical (unpaired) electrons. The van der Waals surface area contributed by atoms with Crippen LogP contribution in [-0.2, 0) is 22.6 Å². The Hall–Kier alpha value is -1.81. The van der Waals surface area contributed by atoms with Crippen LogP contribution in [0.5, 0.6) is 0 Å². The highest BCUT2D eigenvalue weighted by Gasteiger charge is 2.23. The predicted molar refractivity (Wildman–Crippen MR) is 87.3 cm³/mol. The Kier molecular flexibility index (Phi) is 4.48. The van der Waals surface area contributed by atoms with Gasteiger partial charge in [-0.1, -0.05) is 26.0 Å². The van der Waals surface area contributed by atoms with E-state index in [1.165, 1.54) is 11.1 Å². The normalized spacial score (nSPS) is 17.9. The van der Waals surface area contributed by atoms with Crippen LogP contribution in [0.1, 0.15) is 37.8 Å². The van der Waals surface area contributed by atoms with Gasteiger partial charge in [-0.25, -0.2) is 0 Å². The Bertz CT molecular complexity index is 593. The summed E-state index contributed by atoms with van der Waals surface area (Å²) in [5.74, 6) is 0.976. The molecule has 2 aliphatic rings. The number of nitrogens with one attached hydrogen (secondary N) is 1. The van der Waals surface area contributed by atoms with Gasteiger partial charge in [0.05, 0.1) is 6.61 Å². The van der Waals surface area contributed by atoms with E-state index >= 15 is 0 Å². The van der Waals surface area contributed by atoms with E-state index in [2.05, 4.69) is 30.1 Å². The zero-order valence-electron chi connectivity index (χ0n) is 13.4. The Morgan fingerprint density at radius 3 is 2.95 bits per heavy atom. The van der Waals surface area contributed by atoms with E-state index < -0.39 is 0 Å². The Balaban J connectivity index is 1.73. The quantitative estimate of drug-likeness (QED) is 0.927. The maximum absolute atomic E-state index is 12.3. The van der Waals surface area contributed by atoms with Crippen LogP contribution in [-0.4, -0.2) is 24.0 Å². The minimum atomic E-state index is -0.129. The fourth-order valence-electron chi connectivity index (χ4n) is 3.15. The molecule has 0 bridgehead atoms. The molecular weight excluding hydrogens is 276 g/mol. The average Bonchev–Trinajstić information content (AvgIpc) is 2.90. The van der Waals surface area contributed by atoms with Gasteiger partial charge in [-0.3, -0.25) is 9.69 Å². The van der Waals surface area contributed by atoms with E-state index in [9.17, 15) is 4.79 Å². The second kappa shape index (κ2) is 6.53. The van der Waals surface area contributed by atoms with E-state index in [1.54, 1.807) is 0 Å². The fourth-order valence-corrected chi connectivity index (χ4v) is 3.15. The van der Waals surface area contributed by atoms with Crippen LogP contribution in [0.4, 0.5) is 5.69 Å². The van der Waals surface area contributed by atoms with Gasteiger partial charge in [0.1, 0.15) is 0 Å². The van der Waals surface area contributed by atoms with Gasteiger partial charge in [0.2, 0.25) is 0 Å². The number of benzene rings is 1. The van der Waals surface area contributed by atoms with E-state index in [0.717, 1.165) is 38.2 Å². The molecule has 0 atom stereocenters. The molecule has 1 N–H and O–H groups in total. The number of allylic oxidation sites excluding steroid dienone is 1. The first-order valence-corrected chi connectivity index (χ1v) is 8.11. The molecular formula is C18H24N2O2. The zero-order chi connectivity index (χ0) is 15.5. The molecule has 3 rings (SSSR count). The number of nitrogens with zero attached hydrogens (tertiary/aromatic N) is 1. The first-order valence-electron chi connectivity index (χ1n) is 8.11. The highest BCUT2D eigenvalue weighted by atomic mass is 16.5. The predicted octanol–water partition coefficient (Wildman–Crippen LogP) is 3.29. The lowest BCUT2D eigenvalue weighted by molar-refractivity contribution is -0.116. The zero-order valence-corrected chi connectivity index (χ0v) is 13.4. The molecule has 0 spiro atoms. The largest absolute Gasteiger partial charge is 0.488 e. The van der Waals surface area contributed by atoms with Crippen molar-refractivity contribution < 1.29 is 9.53 Å². The highest BCUT2D eigenvalue weighted by Crippen LogP contribution is 2.30.